The highest BCUT2D eigenvalue weighted by Gasteiger charge is 2.26. The van der Waals surface area contributed by atoms with Crippen LogP contribution in [0.1, 0.15) is 61.4 Å². The Bertz CT molecular complexity index is 993. The molecule has 0 saturated carbocycles. The third kappa shape index (κ3) is 5.59. The molecule has 2 aromatic rings. The molecular weight excluding hydrogens is 422 g/mol. The van der Waals surface area contributed by atoms with Crippen molar-refractivity contribution in [2.24, 2.45) is 0 Å². The summed E-state index contributed by atoms with van der Waals surface area (Å²) in [5.74, 6) is -1.74. The molecule has 1 aliphatic carbocycles. The molecule has 0 aliphatic heterocycles. The van der Waals surface area contributed by atoms with Crippen LogP contribution in [0.2, 0.25) is 0 Å². The standard InChI is InChI=1S/C21H25N3O6S/c1-12(25)13-9-15(23-10-13)21(28)30-11-17(26)24-20-18(19(27)22-7-8-29-2)14-5-3-4-6-16(14)31-20/h9-10,23H,3-8,11H2,1-2H3,(H,22,27)(H,24,26). The van der Waals surface area contributed by atoms with E-state index < -0.39 is 18.5 Å². The molecule has 0 saturated heterocycles. The first-order chi connectivity index (χ1) is 14.9. The number of thiophene rings is 1. The van der Waals surface area contributed by atoms with Crippen molar-refractivity contribution in [1.82, 2.24) is 10.3 Å². The van der Waals surface area contributed by atoms with E-state index in [1.165, 1.54) is 30.5 Å². The van der Waals surface area contributed by atoms with Crippen molar-refractivity contribution in [1.29, 1.82) is 0 Å². The first kappa shape index (κ1) is 22.7. The van der Waals surface area contributed by atoms with Gasteiger partial charge in [-0.1, -0.05) is 0 Å². The van der Waals surface area contributed by atoms with Gasteiger partial charge in [0.15, 0.2) is 12.4 Å². The summed E-state index contributed by atoms with van der Waals surface area (Å²) in [6.07, 6.45) is 5.10. The molecule has 0 aromatic carbocycles. The van der Waals surface area contributed by atoms with Crippen molar-refractivity contribution in [2.75, 3.05) is 32.2 Å². The number of fused-ring (bicyclic) bond motifs is 1. The maximum atomic E-state index is 12.7. The lowest BCUT2D eigenvalue weighted by Gasteiger charge is -2.13. The Labute approximate surface area is 183 Å². The number of aromatic amines is 1. The van der Waals surface area contributed by atoms with E-state index in [2.05, 4.69) is 15.6 Å². The fourth-order valence-electron chi connectivity index (χ4n) is 3.34. The zero-order valence-electron chi connectivity index (χ0n) is 17.5. The second-order valence-corrected chi connectivity index (χ2v) is 8.25. The summed E-state index contributed by atoms with van der Waals surface area (Å²) in [4.78, 5) is 52.3. The summed E-state index contributed by atoms with van der Waals surface area (Å²) in [6, 6.07) is 1.37. The number of aryl methyl sites for hydroxylation is 1. The highest BCUT2D eigenvalue weighted by molar-refractivity contribution is 7.17. The van der Waals surface area contributed by atoms with Crippen LogP contribution in [-0.2, 0) is 27.1 Å². The summed E-state index contributed by atoms with van der Waals surface area (Å²) in [5, 5.41) is 5.98. The van der Waals surface area contributed by atoms with Crippen LogP contribution in [0.15, 0.2) is 12.3 Å². The highest BCUT2D eigenvalue weighted by atomic mass is 32.1. The van der Waals surface area contributed by atoms with Gasteiger partial charge in [-0.25, -0.2) is 4.79 Å². The van der Waals surface area contributed by atoms with Crippen molar-refractivity contribution in [3.8, 4) is 0 Å². The van der Waals surface area contributed by atoms with Crippen LogP contribution in [0.25, 0.3) is 0 Å². The number of amides is 2. The third-order valence-corrected chi connectivity index (χ3v) is 6.09. The lowest BCUT2D eigenvalue weighted by molar-refractivity contribution is -0.119. The first-order valence-corrected chi connectivity index (χ1v) is 10.8. The smallest absolute Gasteiger partial charge is 0.355 e. The van der Waals surface area contributed by atoms with E-state index in [0.29, 0.717) is 29.3 Å². The van der Waals surface area contributed by atoms with Gasteiger partial charge in [0.1, 0.15) is 10.7 Å². The van der Waals surface area contributed by atoms with E-state index >= 15 is 0 Å². The normalized spacial score (nSPS) is 12.7. The van der Waals surface area contributed by atoms with Gasteiger partial charge in [-0.2, -0.15) is 0 Å². The molecule has 10 heteroatoms. The Hall–Kier alpha value is -2.98. The molecule has 2 heterocycles. The molecule has 3 N–H and O–H groups in total. The number of carbonyl (C=O) groups is 4. The third-order valence-electron chi connectivity index (χ3n) is 4.89. The maximum Gasteiger partial charge on any atom is 0.355 e. The van der Waals surface area contributed by atoms with Gasteiger partial charge in [-0.05, 0) is 44.2 Å². The fraction of sp³-hybridized carbons (Fsp3) is 0.429. The number of carbonyl (C=O) groups excluding carboxylic acids is 4. The highest BCUT2D eigenvalue weighted by Crippen LogP contribution is 2.38. The lowest BCUT2D eigenvalue weighted by atomic mass is 9.95. The molecule has 2 aromatic heterocycles. The largest absolute Gasteiger partial charge is 0.451 e. The van der Waals surface area contributed by atoms with Gasteiger partial charge in [-0.15, -0.1) is 11.3 Å². The number of aromatic nitrogens is 1. The summed E-state index contributed by atoms with van der Waals surface area (Å²) < 4.78 is 10.0. The minimum Gasteiger partial charge on any atom is -0.451 e. The second kappa shape index (κ2) is 10.4. The van der Waals surface area contributed by atoms with Crippen LogP contribution in [0.3, 0.4) is 0 Å². The molecular formula is C21H25N3O6S. The van der Waals surface area contributed by atoms with Crippen LogP contribution in [0.5, 0.6) is 0 Å². The van der Waals surface area contributed by atoms with Gasteiger partial charge in [0.05, 0.1) is 12.2 Å². The van der Waals surface area contributed by atoms with E-state index in [4.69, 9.17) is 9.47 Å². The number of hydrogen-bond acceptors (Lipinski definition) is 7. The minimum absolute atomic E-state index is 0.0859. The number of methoxy groups -OCH3 is 1. The molecule has 0 fully saturated rings. The molecule has 0 bridgehead atoms. The molecule has 3 rings (SSSR count). The molecule has 166 valence electrons. The predicted molar refractivity (Wildman–Crippen MR) is 115 cm³/mol. The number of Topliss-reactive ketones (excluding diaryl/α,β-unsaturated/α-hetero) is 1. The number of ether oxygens (including phenoxy) is 2. The van der Waals surface area contributed by atoms with Crippen LogP contribution in [0.4, 0.5) is 5.00 Å². The van der Waals surface area contributed by atoms with Crippen molar-refractivity contribution in [3.63, 3.8) is 0 Å². The SMILES string of the molecule is COCCNC(=O)c1c(NC(=O)COC(=O)c2cc(C(C)=O)c[nH]2)sc2c1CCCC2. The van der Waals surface area contributed by atoms with Crippen molar-refractivity contribution in [3.05, 3.63) is 39.5 Å². The van der Waals surface area contributed by atoms with Gasteiger partial charge < -0.3 is 25.1 Å². The molecule has 31 heavy (non-hydrogen) atoms. The predicted octanol–water partition coefficient (Wildman–Crippen LogP) is 2.33. The van der Waals surface area contributed by atoms with Gasteiger partial charge in [0.25, 0.3) is 11.8 Å². The van der Waals surface area contributed by atoms with Crippen LogP contribution >= 0.6 is 11.3 Å². The van der Waals surface area contributed by atoms with Crippen LogP contribution in [-0.4, -0.2) is 55.4 Å². The maximum absolute atomic E-state index is 12.7. The Balaban J connectivity index is 1.65. The van der Waals surface area contributed by atoms with Crippen LogP contribution < -0.4 is 10.6 Å². The zero-order valence-corrected chi connectivity index (χ0v) is 18.3. The average molecular weight is 448 g/mol. The number of nitrogens with one attached hydrogen (secondary N) is 3. The summed E-state index contributed by atoms with van der Waals surface area (Å²) in [7, 11) is 1.56. The van der Waals surface area contributed by atoms with Crippen molar-refractivity contribution < 1.29 is 28.7 Å². The Morgan fingerprint density at radius 3 is 2.68 bits per heavy atom. The van der Waals surface area contributed by atoms with E-state index in [1.54, 1.807) is 7.11 Å². The number of hydrogen-bond donors (Lipinski definition) is 3. The zero-order chi connectivity index (χ0) is 22.4. The molecule has 0 spiro atoms. The molecule has 9 nitrogen and oxygen atoms in total. The topological polar surface area (TPSA) is 127 Å². The molecule has 0 unspecified atom stereocenters. The van der Waals surface area contributed by atoms with Crippen LogP contribution in [0, 0.1) is 0 Å². The lowest BCUT2D eigenvalue weighted by Crippen LogP contribution is -2.29. The summed E-state index contributed by atoms with van der Waals surface area (Å²) in [6.45, 7) is 1.62. The average Bonchev–Trinajstić information content (AvgIpc) is 3.37. The molecule has 0 atom stereocenters. The second-order valence-electron chi connectivity index (χ2n) is 7.15. The number of anilines is 1. The minimum atomic E-state index is -0.745. The van der Waals surface area contributed by atoms with E-state index in [0.717, 1.165) is 36.1 Å². The first-order valence-electron chi connectivity index (χ1n) is 9.98. The molecule has 0 radical (unpaired) electrons. The number of rotatable bonds is 9. The van der Waals surface area contributed by atoms with E-state index in [9.17, 15) is 19.2 Å². The Morgan fingerprint density at radius 1 is 1.19 bits per heavy atom. The summed E-state index contributed by atoms with van der Waals surface area (Å²) >= 11 is 1.39. The quantitative estimate of drug-likeness (QED) is 0.308. The summed E-state index contributed by atoms with van der Waals surface area (Å²) in [5.41, 5.74) is 1.89. The number of H-pyrrole nitrogens is 1. The van der Waals surface area contributed by atoms with E-state index in [1.807, 2.05) is 0 Å². The number of ketones is 1. The van der Waals surface area contributed by atoms with Gasteiger partial charge in [0.2, 0.25) is 0 Å². The van der Waals surface area contributed by atoms with Crippen molar-refractivity contribution in [2.45, 2.75) is 32.6 Å². The van der Waals surface area contributed by atoms with Gasteiger partial charge in [0, 0.05) is 30.3 Å². The Morgan fingerprint density at radius 2 is 1.97 bits per heavy atom. The Kier molecular flexibility index (Phi) is 7.59. The number of esters is 1. The fourth-order valence-corrected chi connectivity index (χ4v) is 4.64. The van der Waals surface area contributed by atoms with E-state index in [-0.39, 0.29) is 17.4 Å². The van der Waals surface area contributed by atoms with Gasteiger partial charge >= 0.3 is 5.97 Å². The van der Waals surface area contributed by atoms with Gasteiger partial charge in [-0.3, -0.25) is 14.4 Å². The monoisotopic (exact) mass is 447 g/mol. The molecule has 2 amide bonds. The molecule has 1 aliphatic rings. The van der Waals surface area contributed by atoms with Crippen molar-refractivity contribution >= 4 is 39.9 Å².